The lowest BCUT2D eigenvalue weighted by molar-refractivity contribution is -0.131. The molecule has 8 heterocycles. The third-order valence-corrected chi connectivity index (χ3v) is 23.4. The largest absolute Gasteiger partial charge is 0.508 e. The number of H-pyrrole nitrogens is 1. The van der Waals surface area contributed by atoms with E-state index in [1.54, 1.807) is 150 Å². The van der Waals surface area contributed by atoms with Crippen LogP contribution in [-0.2, 0) is 53.7 Å². The predicted octanol–water partition coefficient (Wildman–Crippen LogP) is 16.9. The molecule has 0 aliphatic heterocycles. The SMILES string of the molecule is Cc1ccc2c(c1)oc(=O)n2Cc1cccc(O)c1.Cc1ccc2oc(=O)[nH]c2c1.Cc1ccc2oc(=O)n(C(O)c3cccc(O)c3)c2c1.Cc1ccc2oc(=O)n(CC3=CC(=O)C(=O)C=C3)c2c1.Cc1ccc2oc(=O)n(Cc3cc(O)ccc3O)c2c1.Cc1ccc2oc(=O)n(Cc3ccc(O)c(O)c3)c2c1.O=COc1ccc2oc(=O)n(Cc3cccc(O)c3)c2c1.O=c1oc2ccc(F)cc2n1Cc1cccc(O)c1. The zero-order valence-corrected chi connectivity index (χ0v) is 80.4. The number of ether oxygens (including phenoxy) is 1. The van der Waals surface area contributed by atoms with Gasteiger partial charge in [0.15, 0.2) is 62.4 Å². The Hall–Kier alpha value is -20.2. The minimum Gasteiger partial charge on any atom is -0.508 e. The lowest BCUT2D eigenvalue weighted by Crippen LogP contribution is -2.21. The molecule has 150 heavy (non-hydrogen) atoms. The summed E-state index contributed by atoms with van der Waals surface area (Å²) in [4.78, 5) is 129. The van der Waals surface area contributed by atoms with Crippen LogP contribution in [0.4, 0.5) is 4.39 Å². The average molecular weight is 2030 g/mol. The highest BCUT2D eigenvalue weighted by Gasteiger charge is 2.23. The number of phenolic OH excluding ortho intramolecular Hbond substituents is 8. The van der Waals surface area contributed by atoms with E-state index in [1.807, 2.05) is 120 Å². The van der Waals surface area contributed by atoms with Crippen molar-refractivity contribution in [1.29, 1.82) is 0 Å². The number of carbonyl (C=O) groups excluding carboxylic acids is 3. The second-order valence-electron chi connectivity index (χ2n) is 34.7. The van der Waals surface area contributed by atoms with Crippen LogP contribution in [0.2, 0.25) is 0 Å². The number of aryl methyl sites for hydroxylation is 6. The van der Waals surface area contributed by atoms with Crippen molar-refractivity contribution >= 4 is 107 Å². The van der Waals surface area contributed by atoms with Crippen LogP contribution in [0, 0.1) is 47.4 Å². The number of aliphatic hydroxyl groups excluding tert-OH is 1. The van der Waals surface area contributed by atoms with Crippen LogP contribution < -0.4 is 50.8 Å². The van der Waals surface area contributed by atoms with Crippen molar-refractivity contribution in [2.45, 2.75) is 87.0 Å². The number of halogens is 1. The number of rotatable bonds is 16. The minimum absolute atomic E-state index is 0.0247. The van der Waals surface area contributed by atoms with Gasteiger partial charge in [0.1, 0.15) is 46.1 Å². The number of aromatic amines is 1. The Morgan fingerprint density at radius 2 is 0.700 bits per heavy atom. The molecule has 8 aromatic heterocycles. The van der Waals surface area contributed by atoms with Gasteiger partial charge < -0.3 is 86.0 Å². The number of benzene rings is 14. The van der Waals surface area contributed by atoms with Crippen molar-refractivity contribution in [2.24, 2.45) is 0 Å². The van der Waals surface area contributed by atoms with Gasteiger partial charge in [-0.2, -0.15) is 0 Å². The normalized spacial score (nSPS) is 11.7. The highest BCUT2D eigenvalue weighted by atomic mass is 19.1. The number of nitrogens with zero attached hydrogens (tertiary/aromatic N) is 7. The summed E-state index contributed by atoms with van der Waals surface area (Å²) in [5.74, 6) is -5.02. The number of aliphatic hydroxyl groups is 1. The van der Waals surface area contributed by atoms with E-state index >= 15 is 0 Å². The first-order valence-corrected chi connectivity index (χ1v) is 45.8. The molecule has 0 bridgehead atoms. The Morgan fingerprint density at radius 1 is 0.313 bits per heavy atom. The van der Waals surface area contributed by atoms with Crippen molar-refractivity contribution in [3.05, 3.63) is 460 Å². The van der Waals surface area contributed by atoms with Gasteiger partial charge in [0.2, 0.25) is 11.6 Å². The smallest absolute Gasteiger partial charge is 0.422 e. The first kappa shape index (κ1) is 103. The first-order valence-electron chi connectivity index (χ1n) is 45.8. The first-order chi connectivity index (χ1) is 71.9. The summed E-state index contributed by atoms with van der Waals surface area (Å²) in [6, 6.07) is 76.3. The van der Waals surface area contributed by atoms with Gasteiger partial charge in [-0.05, 0) is 291 Å². The molecule has 22 aromatic rings. The molecular formula is C112H91FN8O29. The molecule has 0 amide bonds. The molecule has 0 saturated heterocycles. The van der Waals surface area contributed by atoms with E-state index in [-0.39, 0.29) is 84.5 Å². The minimum atomic E-state index is -1.21. The van der Waals surface area contributed by atoms with Gasteiger partial charge in [0.25, 0.3) is 6.47 Å². The summed E-state index contributed by atoms with van der Waals surface area (Å²) >= 11 is 0. The number of fused-ring (bicyclic) bond motifs is 8. The number of aromatic nitrogens is 8. The summed E-state index contributed by atoms with van der Waals surface area (Å²) < 4.78 is 68.6. The number of allylic oxidation sites excluding steroid dienone is 4. The third kappa shape index (κ3) is 24.5. The molecule has 14 aromatic carbocycles. The molecule has 760 valence electrons. The Bertz CT molecular complexity index is 9490. The monoisotopic (exact) mass is 2030 g/mol. The molecule has 23 rings (SSSR count). The van der Waals surface area contributed by atoms with Crippen molar-refractivity contribution in [3.8, 4) is 51.7 Å². The van der Waals surface area contributed by atoms with Crippen molar-refractivity contribution in [3.63, 3.8) is 0 Å². The van der Waals surface area contributed by atoms with E-state index in [0.29, 0.717) is 119 Å². The molecule has 0 spiro atoms. The van der Waals surface area contributed by atoms with Gasteiger partial charge in [-0.15, -0.1) is 0 Å². The number of nitrogens with one attached hydrogen (secondary N) is 1. The van der Waals surface area contributed by atoms with E-state index in [9.17, 15) is 103 Å². The second kappa shape index (κ2) is 44.8. The molecule has 37 nitrogen and oxygen atoms in total. The Balaban J connectivity index is 0.000000123. The summed E-state index contributed by atoms with van der Waals surface area (Å²) in [5, 5.41) is 86.2. The molecule has 1 aliphatic carbocycles. The Morgan fingerprint density at radius 3 is 1.19 bits per heavy atom. The van der Waals surface area contributed by atoms with E-state index < -0.39 is 63.9 Å². The summed E-state index contributed by atoms with van der Waals surface area (Å²) in [6.07, 6.45) is 2.81. The predicted molar refractivity (Wildman–Crippen MR) is 550 cm³/mol. The quantitative estimate of drug-likeness (QED) is 0.0141. The number of phenols is 8. The third-order valence-electron chi connectivity index (χ3n) is 23.4. The molecule has 10 N–H and O–H groups in total. The fourth-order valence-corrected chi connectivity index (χ4v) is 16.1. The van der Waals surface area contributed by atoms with Crippen molar-refractivity contribution in [2.75, 3.05) is 0 Å². The lowest BCUT2D eigenvalue weighted by atomic mass is 10.1. The molecule has 0 fully saturated rings. The number of hydrogen-bond acceptors (Lipinski definition) is 29. The van der Waals surface area contributed by atoms with Crippen LogP contribution in [0.3, 0.4) is 0 Å². The highest BCUT2D eigenvalue weighted by Crippen LogP contribution is 2.32. The lowest BCUT2D eigenvalue weighted by Gasteiger charge is -2.12. The number of oxazole rings is 8. The topological polar surface area (TPSA) is 534 Å². The maximum atomic E-state index is 13.2. The molecule has 0 saturated carbocycles. The zero-order valence-electron chi connectivity index (χ0n) is 80.4. The molecule has 1 unspecified atom stereocenters. The van der Waals surface area contributed by atoms with Gasteiger partial charge in [-0.1, -0.05) is 97.1 Å². The number of carbonyl (C=O) groups is 3. The van der Waals surface area contributed by atoms with Crippen molar-refractivity contribution < 1.29 is 105 Å². The van der Waals surface area contributed by atoms with Crippen molar-refractivity contribution in [1.82, 2.24) is 37.0 Å². The Kier molecular flexibility index (Phi) is 30.7. The number of hydrogen-bond donors (Lipinski definition) is 10. The standard InChI is InChI=1S/C15H11NO5.2C15H13NO4.C15H11NO4.C15H13NO4.C15H13NO3.C14H10FNO3.C8H7NO2/c17-9-20-12-4-5-14-13(7-12)16(15(19)21-14)8-10-2-1-3-11(18)6-10;1-9-2-5-14-12(6-9)16(15(19)20-14)8-10-7-11(17)3-4-13(10)18;2*1-9-2-5-14-11(6-9)16(15(19)20-14)8-10-3-4-12(17)13(18)7-10;1-9-5-6-13-12(7-9)16(15(19)20-13)14(18)10-3-2-4-11(17)8-10;1-10-5-6-13-14(7-10)19-15(18)16(13)9-11-3-2-4-12(17)8-11;15-10-4-5-13-12(7-10)16(14(18)19-13)8-9-2-1-3-11(17)6-9;1-5-2-3-7-6(4-5)9-8(10)11-7/h1-7,9,18H,8H2;2*2-7,17-18H,8H2,1H3;2-7H,8H2,1H3;2-8,14,17-18H,1H3;2-8,17H,9H2,1H3;1-7,17H,8H2;2-4H,1H3,(H,9,10). The fraction of sp³-hybridized carbons (Fsp3) is 0.116. The van der Waals surface area contributed by atoms with Crippen LogP contribution in [0.5, 0.6) is 51.7 Å². The van der Waals surface area contributed by atoms with E-state index in [0.717, 1.165) is 65.7 Å². The molecule has 1 atom stereocenters. The zero-order chi connectivity index (χ0) is 107. The Labute approximate surface area is 842 Å². The van der Waals surface area contributed by atoms with Gasteiger partial charge in [-0.25, -0.2) is 47.3 Å². The van der Waals surface area contributed by atoms with Crippen LogP contribution in [0.25, 0.3) is 88.8 Å². The van der Waals surface area contributed by atoms with E-state index in [4.69, 9.17) is 40.1 Å². The average Bonchev–Trinajstić information content (AvgIpc) is 1.62. The van der Waals surface area contributed by atoms with Crippen LogP contribution in [0.1, 0.15) is 73.0 Å². The molecule has 1 aliphatic rings. The van der Waals surface area contributed by atoms with E-state index in [2.05, 4.69) is 4.98 Å². The van der Waals surface area contributed by atoms with Crippen LogP contribution >= 0.6 is 0 Å². The summed E-state index contributed by atoms with van der Waals surface area (Å²) in [5.41, 5.74) is 19.5. The van der Waals surface area contributed by atoms with Gasteiger partial charge in [0.05, 0.1) is 83.4 Å². The highest BCUT2D eigenvalue weighted by molar-refractivity contribution is 6.46. The van der Waals surface area contributed by atoms with Gasteiger partial charge in [-0.3, -0.25) is 46.8 Å². The summed E-state index contributed by atoms with van der Waals surface area (Å²) in [6.45, 7) is 13.3. The number of aromatic hydroxyl groups is 8. The van der Waals surface area contributed by atoms with Crippen LogP contribution in [-0.4, -0.2) is 101 Å². The molecule has 38 heteroatoms. The van der Waals surface area contributed by atoms with Crippen LogP contribution in [0.15, 0.2) is 377 Å². The molecule has 0 radical (unpaired) electrons. The number of ketones is 2. The summed E-state index contributed by atoms with van der Waals surface area (Å²) in [7, 11) is 0. The maximum Gasteiger partial charge on any atom is 0.422 e. The maximum absolute atomic E-state index is 13.2. The molecular weight excluding hydrogens is 1940 g/mol. The van der Waals surface area contributed by atoms with Gasteiger partial charge in [0, 0.05) is 23.3 Å². The second-order valence-corrected chi connectivity index (χ2v) is 34.7. The van der Waals surface area contributed by atoms with E-state index in [1.165, 1.54) is 95.7 Å². The fourth-order valence-electron chi connectivity index (χ4n) is 16.1. The van der Waals surface area contributed by atoms with Gasteiger partial charge >= 0.3 is 46.0 Å².